The van der Waals surface area contributed by atoms with E-state index in [1.54, 1.807) is 0 Å². The van der Waals surface area contributed by atoms with Crippen molar-refractivity contribution in [3.63, 3.8) is 0 Å². The third-order valence-corrected chi connectivity index (χ3v) is 16.5. The third kappa shape index (κ3) is 2.42. The molecule has 0 nitrogen and oxygen atoms in total. The molecule has 82 valence electrons. The zero-order valence-electron chi connectivity index (χ0n) is 8.82. The molecule has 14 heavy (non-hydrogen) atoms. The number of rotatable bonds is 2. The molecule has 2 atom stereocenters. The molecule has 1 aliphatic carbocycles. The van der Waals surface area contributed by atoms with Crippen LogP contribution in [0, 0.1) is 5.92 Å². The summed E-state index contributed by atoms with van der Waals surface area (Å²) in [5, 5.41) is 0. The van der Waals surface area contributed by atoms with E-state index in [4.69, 9.17) is 12.2 Å². The van der Waals surface area contributed by atoms with Crippen LogP contribution in [0.25, 0.3) is 0 Å². The van der Waals surface area contributed by atoms with Gasteiger partial charge < -0.3 is 0 Å². The van der Waals surface area contributed by atoms with Gasteiger partial charge >= 0.3 is 0 Å². The molecule has 0 N–H and O–H groups in total. The van der Waals surface area contributed by atoms with Gasteiger partial charge in [0.25, 0.3) is 0 Å². The molecule has 0 aromatic carbocycles. The van der Waals surface area contributed by atoms with Crippen molar-refractivity contribution >= 4 is 39.9 Å². The zero-order valence-corrected chi connectivity index (χ0v) is 12.2. The van der Waals surface area contributed by atoms with Crippen LogP contribution in [-0.4, -0.2) is 17.2 Å². The summed E-state index contributed by atoms with van der Waals surface area (Å²) in [5.41, 5.74) is 0.974. The maximum absolute atomic E-state index is 5.07. The van der Waals surface area contributed by atoms with Crippen LogP contribution in [0.15, 0.2) is 0 Å². The van der Waals surface area contributed by atoms with E-state index in [1.807, 2.05) is 0 Å². The third-order valence-electron chi connectivity index (χ3n) is 3.45. The largest absolute Gasteiger partial charge is 0.190 e. The Labute approximate surface area is 102 Å². The summed E-state index contributed by atoms with van der Waals surface area (Å²) >= 11 is 9.49. The van der Waals surface area contributed by atoms with Gasteiger partial charge in [0.2, 0.25) is 0 Å². The minimum absolute atomic E-state index is 0.940. The van der Waals surface area contributed by atoms with Crippen LogP contribution in [0.1, 0.15) is 39.0 Å². The van der Waals surface area contributed by atoms with E-state index in [1.165, 1.54) is 43.6 Å². The lowest BCUT2D eigenvalue weighted by atomic mass is 9.87. The van der Waals surface area contributed by atoms with Crippen molar-refractivity contribution < 1.29 is 0 Å². The summed E-state index contributed by atoms with van der Waals surface area (Å²) in [6.45, 7) is 2.37. The first kappa shape index (κ1) is 12.0. The lowest BCUT2D eigenvalue weighted by Gasteiger charge is -2.33. The van der Waals surface area contributed by atoms with Crippen molar-refractivity contribution in [1.82, 2.24) is 0 Å². The minimum Gasteiger partial charge on any atom is -0.0650 e. The average molecular weight is 267 g/mol. The van der Waals surface area contributed by atoms with Crippen LogP contribution in [0.3, 0.4) is 0 Å². The van der Waals surface area contributed by atoms with Crippen molar-refractivity contribution in [2.45, 2.75) is 44.7 Å². The van der Waals surface area contributed by atoms with Crippen molar-refractivity contribution in [3.8, 4) is 0 Å². The number of hydrogen-bond acceptors (Lipinski definition) is 3. The van der Waals surface area contributed by atoms with Crippen LogP contribution < -0.4 is 0 Å². The molecular weight excluding hydrogens is 247 g/mol. The molecule has 2 unspecified atom stereocenters. The van der Waals surface area contributed by atoms with E-state index >= 15 is 0 Å². The van der Waals surface area contributed by atoms with Crippen LogP contribution in [0.5, 0.6) is 0 Å². The van der Waals surface area contributed by atoms with Crippen molar-refractivity contribution in [3.05, 3.63) is 0 Å². The van der Waals surface area contributed by atoms with Gasteiger partial charge in [0.1, 0.15) is 5.66 Å². The molecule has 2 fully saturated rings. The Bertz CT molecular complexity index is 192. The smallest absolute Gasteiger partial charge is 0.0650 e. The average Bonchev–Trinajstić information content (AvgIpc) is 2.66. The van der Waals surface area contributed by atoms with Crippen molar-refractivity contribution in [2.75, 3.05) is 11.5 Å². The second-order valence-corrected chi connectivity index (χ2v) is 16.6. The highest BCUT2D eigenvalue weighted by Crippen LogP contribution is 2.90. The monoisotopic (exact) mass is 267 g/mol. The van der Waals surface area contributed by atoms with Gasteiger partial charge in [-0.1, -0.05) is 13.3 Å². The summed E-state index contributed by atoms with van der Waals surface area (Å²) in [5.74, 6) is 3.71. The fourth-order valence-electron chi connectivity index (χ4n) is 2.66. The van der Waals surface area contributed by atoms with Crippen LogP contribution in [0.2, 0.25) is 0 Å². The highest BCUT2D eigenvalue weighted by molar-refractivity contribution is 9.16. The normalized spacial score (nSPS) is 37.3. The fourth-order valence-corrected chi connectivity index (χ4v) is 16.0. The summed E-state index contributed by atoms with van der Waals surface area (Å²) in [4.78, 5) is -0.940. The quantitative estimate of drug-likeness (QED) is 0.544. The van der Waals surface area contributed by atoms with Crippen molar-refractivity contribution in [1.29, 1.82) is 0 Å². The van der Waals surface area contributed by atoms with Crippen LogP contribution in [0.4, 0.5) is 0 Å². The predicted octanol–water partition coefficient (Wildman–Crippen LogP) is 5.13. The number of hydrogen-bond donors (Lipinski definition) is 1. The molecule has 2 rings (SSSR count). The van der Waals surface area contributed by atoms with Gasteiger partial charge in [0, 0.05) is 46.5 Å². The van der Waals surface area contributed by atoms with Gasteiger partial charge in [-0.2, -0.15) is 0 Å². The van der Waals surface area contributed by atoms with E-state index in [0.29, 0.717) is 0 Å². The minimum atomic E-state index is -0.940. The van der Waals surface area contributed by atoms with Gasteiger partial charge in [-0.05, 0) is 31.6 Å². The Kier molecular flexibility index (Phi) is 4.44. The molecule has 0 amide bonds. The molecule has 0 spiro atoms. The van der Waals surface area contributed by atoms with E-state index < -0.39 is 4.87 Å². The standard InChI is InChI=1S/C10H20PS3/c1-2-9-5-3-4-6-10(9)11(12)13-7-8-14-11/h9-10,12H,2-8H2,1H3/q+1. The first-order valence-electron chi connectivity index (χ1n) is 5.67. The molecule has 2 aliphatic rings. The Morgan fingerprint density at radius 3 is 2.50 bits per heavy atom. The van der Waals surface area contributed by atoms with Gasteiger partial charge in [0.05, 0.1) is 0 Å². The SMILES string of the molecule is CCC1CCCCC1[P+]1(S)SCCS1. The predicted molar refractivity (Wildman–Crippen MR) is 76.9 cm³/mol. The summed E-state index contributed by atoms with van der Waals surface area (Å²) in [7, 11) is 0. The summed E-state index contributed by atoms with van der Waals surface area (Å²) < 4.78 is 0. The summed E-state index contributed by atoms with van der Waals surface area (Å²) in [6.07, 6.45) is 7.26. The Morgan fingerprint density at radius 2 is 1.86 bits per heavy atom. The molecule has 0 aromatic rings. The second kappa shape index (κ2) is 5.21. The lowest BCUT2D eigenvalue weighted by molar-refractivity contribution is 0.359. The summed E-state index contributed by atoms with van der Waals surface area (Å²) in [6, 6.07) is 0. The van der Waals surface area contributed by atoms with Crippen molar-refractivity contribution in [2.24, 2.45) is 5.92 Å². The van der Waals surface area contributed by atoms with Gasteiger partial charge in [-0.25, -0.2) is 0 Å². The highest BCUT2D eigenvalue weighted by Gasteiger charge is 2.52. The first-order chi connectivity index (χ1) is 6.76. The molecule has 1 saturated heterocycles. The van der Waals surface area contributed by atoms with Gasteiger partial charge in [-0.3, -0.25) is 0 Å². The van der Waals surface area contributed by atoms with Crippen LogP contribution >= 0.6 is 39.9 Å². The molecule has 1 saturated carbocycles. The molecule has 0 aromatic heterocycles. The Balaban J connectivity index is 2.05. The van der Waals surface area contributed by atoms with E-state index in [9.17, 15) is 0 Å². The molecule has 0 radical (unpaired) electrons. The van der Waals surface area contributed by atoms with E-state index in [-0.39, 0.29) is 0 Å². The van der Waals surface area contributed by atoms with E-state index in [0.717, 1.165) is 11.6 Å². The molecule has 1 aliphatic heterocycles. The lowest BCUT2D eigenvalue weighted by Crippen LogP contribution is -2.23. The maximum atomic E-state index is 5.07. The maximum Gasteiger partial charge on any atom is 0.190 e. The Hall–Kier alpha value is 1.48. The van der Waals surface area contributed by atoms with Gasteiger partial charge in [-0.15, -0.1) is 0 Å². The molecule has 0 bridgehead atoms. The highest BCUT2D eigenvalue weighted by atomic mass is 33.4. The zero-order chi connectivity index (χ0) is 10.0. The second-order valence-electron chi connectivity index (χ2n) is 4.25. The van der Waals surface area contributed by atoms with Crippen LogP contribution in [-0.2, 0) is 0 Å². The first-order valence-corrected chi connectivity index (χ1v) is 11.9. The van der Waals surface area contributed by atoms with E-state index in [2.05, 4.69) is 29.7 Å². The Morgan fingerprint density at radius 1 is 1.21 bits per heavy atom. The van der Waals surface area contributed by atoms with Gasteiger partial charge in [0.15, 0.2) is 4.87 Å². The number of thiol groups is 1. The molecular formula is C10H20PS3+. The topological polar surface area (TPSA) is 0 Å². The fraction of sp³-hybridized carbons (Fsp3) is 1.00. The molecule has 4 heteroatoms. The molecule has 1 heterocycles.